The number of aliphatic hydroxyl groups excluding tert-OH is 1. The van der Waals surface area contributed by atoms with Crippen molar-refractivity contribution >= 4 is 7.82 Å². The SMILES string of the molecule is CCCCCCCCCCCCCC=CC(O)C(COP(=O)(O)OCC[N+](C)(C)C)NCCCCC. The number of allylic oxidation sites excluding steroid dienone is 1. The first-order valence-corrected chi connectivity index (χ1v) is 16.1. The maximum absolute atomic E-state index is 12.3. The largest absolute Gasteiger partial charge is 0.472 e. The summed E-state index contributed by atoms with van der Waals surface area (Å²) >= 11 is 0. The number of quaternary nitrogens is 1. The molecule has 0 saturated heterocycles. The van der Waals surface area contributed by atoms with Gasteiger partial charge in [0.25, 0.3) is 0 Å². The molecule has 0 aliphatic carbocycles. The highest BCUT2D eigenvalue weighted by Gasteiger charge is 2.26. The van der Waals surface area contributed by atoms with Gasteiger partial charge >= 0.3 is 7.82 Å². The maximum atomic E-state index is 12.3. The van der Waals surface area contributed by atoms with E-state index in [1.807, 2.05) is 27.2 Å². The second-order valence-electron chi connectivity index (χ2n) is 11.1. The number of hydrogen-bond acceptors (Lipinski definition) is 5. The first kappa shape index (κ1) is 35.7. The monoisotopic (exact) mass is 535 g/mol. The molecule has 0 heterocycles. The summed E-state index contributed by atoms with van der Waals surface area (Å²) in [4.78, 5) is 10.0. The number of unbranched alkanes of at least 4 members (excludes halogenated alkanes) is 13. The fourth-order valence-corrected chi connectivity index (χ4v) is 4.61. The van der Waals surface area contributed by atoms with Crippen molar-refractivity contribution in [1.82, 2.24) is 5.32 Å². The summed E-state index contributed by atoms with van der Waals surface area (Å²) in [5.41, 5.74) is 0. The second-order valence-corrected chi connectivity index (χ2v) is 12.6. The summed E-state index contributed by atoms with van der Waals surface area (Å²) < 4.78 is 23.2. The number of hydrogen-bond donors (Lipinski definition) is 3. The standard InChI is InChI=1S/C28H59N2O5P/c1-6-8-10-11-12-13-14-15-16-17-18-19-20-22-28(31)27(29-23-21-9-7-2)26-35-36(32,33)34-25-24-30(3,4)5/h20,22,27-29,31H,6-19,21,23-26H2,1-5H3/p+1. The van der Waals surface area contributed by atoms with Crippen LogP contribution in [-0.2, 0) is 13.6 Å². The van der Waals surface area contributed by atoms with Crippen LogP contribution in [-0.4, -0.2) is 74.1 Å². The van der Waals surface area contributed by atoms with Crippen LogP contribution in [0.4, 0.5) is 0 Å². The minimum atomic E-state index is -4.16. The average molecular weight is 536 g/mol. The molecule has 0 bridgehead atoms. The van der Waals surface area contributed by atoms with Crippen molar-refractivity contribution in [1.29, 1.82) is 0 Å². The van der Waals surface area contributed by atoms with Crippen molar-refractivity contribution in [2.75, 3.05) is 47.4 Å². The van der Waals surface area contributed by atoms with Gasteiger partial charge in [0.2, 0.25) is 0 Å². The highest BCUT2D eigenvalue weighted by atomic mass is 31.2. The highest BCUT2D eigenvalue weighted by molar-refractivity contribution is 7.47. The summed E-state index contributed by atoms with van der Waals surface area (Å²) in [5.74, 6) is 0. The number of aliphatic hydroxyl groups is 1. The Morgan fingerprint density at radius 1 is 0.833 bits per heavy atom. The Morgan fingerprint density at radius 2 is 1.36 bits per heavy atom. The Morgan fingerprint density at radius 3 is 1.92 bits per heavy atom. The van der Waals surface area contributed by atoms with Gasteiger partial charge in [-0.2, -0.15) is 0 Å². The Bertz CT molecular complexity index is 569. The lowest BCUT2D eigenvalue weighted by Crippen LogP contribution is -2.43. The quantitative estimate of drug-likeness (QED) is 0.0501. The number of rotatable bonds is 26. The predicted octanol–water partition coefficient (Wildman–Crippen LogP) is 6.59. The molecule has 0 aliphatic heterocycles. The van der Waals surface area contributed by atoms with Crippen LogP contribution in [0.3, 0.4) is 0 Å². The molecule has 0 radical (unpaired) electrons. The molecule has 3 atom stereocenters. The molecule has 0 aromatic carbocycles. The topological polar surface area (TPSA) is 88.0 Å². The summed E-state index contributed by atoms with van der Waals surface area (Å²) in [6.45, 7) is 5.76. The number of nitrogens with one attached hydrogen (secondary N) is 1. The molecule has 7 nitrogen and oxygen atoms in total. The van der Waals surface area contributed by atoms with Crippen LogP contribution in [0.2, 0.25) is 0 Å². The summed E-state index contributed by atoms with van der Waals surface area (Å²) in [7, 11) is 1.80. The normalized spacial score (nSPS) is 15.9. The molecule has 0 saturated carbocycles. The van der Waals surface area contributed by atoms with Crippen LogP contribution in [0, 0.1) is 0 Å². The number of phosphoric ester groups is 1. The third-order valence-electron chi connectivity index (χ3n) is 6.34. The van der Waals surface area contributed by atoms with Gasteiger partial charge < -0.3 is 19.8 Å². The molecule has 3 N–H and O–H groups in total. The van der Waals surface area contributed by atoms with Crippen molar-refractivity contribution in [2.24, 2.45) is 0 Å². The lowest BCUT2D eigenvalue weighted by Gasteiger charge is -2.25. The third-order valence-corrected chi connectivity index (χ3v) is 7.32. The van der Waals surface area contributed by atoms with E-state index in [0.717, 1.165) is 38.6 Å². The van der Waals surface area contributed by atoms with Gasteiger partial charge in [-0.05, 0) is 25.8 Å². The number of phosphoric acid groups is 1. The van der Waals surface area contributed by atoms with Crippen LogP contribution in [0.1, 0.15) is 110 Å². The van der Waals surface area contributed by atoms with E-state index in [4.69, 9.17) is 9.05 Å². The first-order chi connectivity index (χ1) is 17.1. The average Bonchev–Trinajstić information content (AvgIpc) is 2.80. The summed E-state index contributed by atoms with van der Waals surface area (Å²) in [5, 5.41) is 14.0. The smallest absolute Gasteiger partial charge is 0.387 e. The van der Waals surface area contributed by atoms with Crippen molar-refractivity contribution in [3.63, 3.8) is 0 Å². The highest BCUT2D eigenvalue weighted by Crippen LogP contribution is 2.43. The molecule has 8 heteroatoms. The first-order valence-electron chi connectivity index (χ1n) is 14.6. The van der Waals surface area contributed by atoms with Crippen LogP contribution >= 0.6 is 7.82 Å². The molecule has 0 aliphatic rings. The molecule has 0 spiro atoms. The van der Waals surface area contributed by atoms with E-state index in [9.17, 15) is 14.6 Å². The van der Waals surface area contributed by atoms with Gasteiger partial charge in [-0.15, -0.1) is 0 Å². The van der Waals surface area contributed by atoms with Crippen LogP contribution < -0.4 is 5.32 Å². The summed E-state index contributed by atoms with van der Waals surface area (Å²) in [6, 6.07) is -0.460. The number of nitrogens with zero attached hydrogens (tertiary/aromatic N) is 1. The predicted molar refractivity (Wildman–Crippen MR) is 152 cm³/mol. The van der Waals surface area contributed by atoms with E-state index in [2.05, 4.69) is 19.2 Å². The molecule has 0 aromatic rings. The molecule has 0 fully saturated rings. The van der Waals surface area contributed by atoms with E-state index in [-0.39, 0.29) is 13.2 Å². The Kier molecular flexibility index (Phi) is 22.5. The van der Waals surface area contributed by atoms with Crippen molar-refractivity contribution in [3.05, 3.63) is 12.2 Å². The van der Waals surface area contributed by atoms with Gasteiger partial charge in [0.05, 0.1) is 39.9 Å². The van der Waals surface area contributed by atoms with E-state index in [1.54, 1.807) is 6.08 Å². The third kappa shape index (κ3) is 24.1. The van der Waals surface area contributed by atoms with Gasteiger partial charge in [-0.3, -0.25) is 9.05 Å². The minimum Gasteiger partial charge on any atom is -0.387 e. The maximum Gasteiger partial charge on any atom is 0.472 e. The summed E-state index contributed by atoms with van der Waals surface area (Å²) in [6.07, 6.45) is 21.6. The fourth-order valence-electron chi connectivity index (χ4n) is 3.88. The van der Waals surface area contributed by atoms with E-state index in [1.165, 1.54) is 64.2 Å². The molecular weight excluding hydrogens is 475 g/mol. The van der Waals surface area contributed by atoms with E-state index >= 15 is 0 Å². The molecule has 0 aromatic heterocycles. The van der Waals surface area contributed by atoms with E-state index in [0.29, 0.717) is 11.0 Å². The van der Waals surface area contributed by atoms with Crippen LogP contribution in [0.25, 0.3) is 0 Å². The van der Waals surface area contributed by atoms with E-state index < -0.39 is 20.0 Å². The van der Waals surface area contributed by atoms with Gasteiger partial charge in [0, 0.05) is 0 Å². The van der Waals surface area contributed by atoms with Gasteiger partial charge in [-0.1, -0.05) is 103 Å². The van der Waals surface area contributed by atoms with Gasteiger partial charge in [-0.25, -0.2) is 4.57 Å². The van der Waals surface area contributed by atoms with Crippen LogP contribution in [0.5, 0.6) is 0 Å². The zero-order chi connectivity index (χ0) is 27.1. The van der Waals surface area contributed by atoms with Gasteiger partial charge in [0.1, 0.15) is 13.2 Å². The molecule has 0 amide bonds. The molecule has 0 rings (SSSR count). The van der Waals surface area contributed by atoms with Gasteiger partial charge in [0.15, 0.2) is 0 Å². The van der Waals surface area contributed by atoms with Crippen LogP contribution in [0.15, 0.2) is 12.2 Å². The molecule has 216 valence electrons. The minimum absolute atomic E-state index is 0.0891. The lowest BCUT2D eigenvalue weighted by molar-refractivity contribution is -0.870. The molecule has 3 unspecified atom stereocenters. The second kappa shape index (κ2) is 22.7. The Labute approximate surface area is 223 Å². The number of likely N-dealkylation sites (N-methyl/N-ethyl adjacent to an activating group) is 1. The molecular formula is C28H60N2O5P+. The van der Waals surface area contributed by atoms with Crippen molar-refractivity contribution < 1.29 is 28.1 Å². The van der Waals surface area contributed by atoms with Crippen molar-refractivity contribution in [3.8, 4) is 0 Å². The Balaban J connectivity index is 4.28. The molecule has 36 heavy (non-hydrogen) atoms. The zero-order valence-corrected chi connectivity index (χ0v) is 25.2. The van der Waals surface area contributed by atoms with Crippen molar-refractivity contribution in [2.45, 2.75) is 122 Å². The zero-order valence-electron chi connectivity index (χ0n) is 24.3. The Hall–Kier alpha value is -0.270. The fraction of sp³-hybridized carbons (Fsp3) is 0.929. The lowest BCUT2D eigenvalue weighted by atomic mass is 10.0.